The van der Waals surface area contributed by atoms with Crippen LogP contribution in [0.1, 0.15) is 47.5 Å². The Kier molecular flexibility index (Phi) is 9.20. The quantitative estimate of drug-likeness (QED) is 0.162. The van der Waals surface area contributed by atoms with Crippen LogP contribution >= 0.6 is 0 Å². The number of aliphatic imine (C=N–C) groups is 2. The third-order valence-corrected chi connectivity index (χ3v) is 6.90. The molecule has 0 atom stereocenters. The van der Waals surface area contributed by atoms with Gasteiger partial charge in [0.15, 0.2) is 0 Å². The van der Waals surface area contributed by atoms with E-state index in [0.29, 0.717) is 13.2 Å². The van der Waals surface area contributed by atoms with Crippen molar-refractivity contribution in [3.8, 4) is 11.5 Å². The largest absolute Gasteiger partial charge is 0.489 e. The number of hydrogen-bond donors (Lipinski definition) is 0. The van der Waals surface area contributed by atoms with Gasteiger partial charge in [-0.2, -0.15) is 0 Å². The topological polar surface area (TPSA) is 56.1 Å². The molecule has 0 saturated carbocycles. The number of rotatable bonds is 10. The van der Waals surface area contributed by atoms with Crippen molar-refractivity contribution in [2.24, 2.45) is 9.98 Å². The van der Waals surface area contributed by atoms with E-state index in [0.717, 1.165) is 67.9 Å². The number of hydrogen-bond acceptors (Lipinski definition) is 5. The lowest BCUT2D eigenvalue weighted by atomic mass is 10.1. The van der Waals surface area contributed by atoms with Gasteiger partial charge in [-0.25, -0.2) is 4.98 Å². The van der Waals surface area contributed by atoms with Crippen molar-refractivity contribution in [2.45, 2.75) is 40.9 Å². The van der Waals surface area contributed by atoms with Gasteiger partial charge in [-0.15, -0.1) is 0 Å². The molecule has 0 aliphatic rings. The van der Waals surface area contributed by atoms with Gasteiger partial charge in [0, 0.05) is 0 Å². The molecule has 0 spiro atoms. The van der Waals surface area contributed by atoms with E-state index in [9.17, 15) is 0 Å². The Balaban J connectivity index is 1.26. The molecule has 5 heteroatoms. The minimum Gasteiger partial charge on any atom is -0.489 e. The fourth-order valence-corrected chi connectivity index (χ4v) is 4.48. The van der Waals surface area contributed by atoms with Crippen molar-refractivity contribution in [3.05, 3.63) is 149 Å². The third-order valence-electron chi connectivity index (χ3n) is 6.90. The van der Waals surface area contributed by atoms with Crippen molar-refractivity contribution in [3.63, 3.8) is 0 Å². The zero-order valence-corrected chi connectivity index (χ0v) is 24.5. The van der Waals surface area contributed by atoms with Crippen molar-refractivity contribution >= 4 is 22.8 Å². The average molecular weight is 554 g/mol. The third kappa shape index (κ3) is 7.58. The van der Waals surface area contributed by atoms with Gasteiger partial charge in [0.05, 0.1) is 34.2 Å². The van der Waals surface area contributed by atoms with Crippen LogP contribution < -0.4 is 9.47 Å². The molecule has 0 bridgehead atoms. The van der Waals surface area contributed by atoms with E-state index < -0.39 is 0 Å². The first-order valence-electron chi connectivity index (χ1n) is 14.1. The molecule has 0 unspecified atom stereocenters. The molecule has 0 aliphatic heterocycles. The fourth-order valence-electron chi connectivity index (χ4n) is 4.48. The summed E-state index contributed by atoms with van der Waals surface area (Å²) in [4.78, 5) is 14.6. The van der Waals surface area contributed by atoms with Crippen LogP contribution in [0.4, 0.5) is 11.4 Å². The Labute approximate surface area is 248 Å². The predicted molar refractivity (Wildman–Crippen MR) is 172 cm³/mol. The van der Waals surface area contributed by atoms with Crippen molar-refractivity contribution in [1.29, 1.82) is 0 Å². The summed E-state index contributed by atoms with van der Waals surface area (Å²) in [5.74, 6) is 1.65. The molecule has 5 aromatic rings. The molecule has 0 amide bonds. The van der Waals surface area contributed by atoms with E-state index in [-0.39, 0.29) is 0 Å². The number of benzene rings is 4. The molecule has 1 heterocycles. The molecule has 5 rings (SSSR count). The lowest BCUT2D eigenvalue weighted by Crippen LogP contribution is -2.05. The summed E-state index contributed by atoms with van der Waals surface area (Å²) in [6, 6.07) is 38.2. The van der Waals surface area contributed by atoms with Crippen LogP contribution in [0, 0.1) is 13.8 Å². The van der Waals surface area contributed by atoms with Gasteiger partial charge in [0.2, 0.25) is 0 Å². The summed E-state index contributed by atoms with van der Waals surface area (Å²) in [5.41, 5.74) is 9.43. The normalized spacial score (nSPS) is 11.8. The first-order chi connectivity index (χ1) is 20.4. The van der Waals surface area contributed by atoms with E-state index in [2.05, 4.69) is 24.3 Å². The molecule has 42 heavy (non-hydrogen) atoms. The summed E-state index contributed by atoms with van der Waals surface area (Å²) in [6.07, 6.45) is 0. The molecule has 0 radical (unpaired) electrons. The Hall–Kier alpha value is -5.03. The number of ether oxygens (including phenoxy) is 2. The fraction of sp³-hybridized carbons (Fsp3) is 0.162. The molecule has 210 valence electrons. The summed E-state index contributed by atoms with van der Waals surface area (Å²) >= 11 is 0. The predicted octanol–water partition coefficient (Wildman–Crippen LogP) is 9.14. The van der Waals surface area contributed by atoms with Crippen LogP contribution in [0.5, 0.6) is 11.5 Å². The zero-order chi connectivity index (χ0) is 29.3. The molecular weight excluding hydrogens is 518 g/mol. The van der Waals surface area contributed by atoms with Crippen LogP contribution in [0.3, 0.4) is 0 Å². The number of aromatic nitrogens is 1. The molecule has 4 aromatic carbocycles. The smallest absolute Gasteiger partial charge is 0.120 e. The van der Waals surface area contributed by atoms with Gasteiger partial charge in [-0.3, -0.25) is 9.98 Å². The van der Waals surface area contributed by atoms with Crippen LogP contribution in [0.25, 0.3) is 0 Å². The number of pyridine rings is 1. The Bertz CT molecular complexity index is 1590. The molecule has 0 fully saturated rings. The molecule has 0 N–H and O–H groups in total. The van der Waals surface area contributed by atoms with Gasteiger partial charge in [-0.1, -0.05) is 66.7 Å². The standard InChI is InChI=1S/C37H35N3O2/c1-26-22-32(41-24-30-12-7-5-8-13-30)18-20-34(26)38-28(3)36-16-11-17-37(40-36)29(4)39-35-21-19-33(23-27(35)2)42-25-31-14-9-6-10-15-31/h5-23H,24-25H2,1-4H3. The summed E-state index contributed by atoms with van der Waals surface area (Å²) in [5, 5.41) is 0. The molecule has 0 aliphatic carbocycles. The second-order valence-electron chi connectivity index (χ2n) is 10.2. The second kappa shape index (κ2) is 13.6. The van der Waals surface area contributed by atoms with E-state index >= 15 is 0 Å². The highest BCUT2D eigenvalue weighted by Gasteiger charge is 2.08. The van der Waals surface area contributed by atoms with E-state index in [4.69, 9.17) is 24.4 Å². The highest BCUT2D eigenvalue weighted by Crippen LogP contribution is 2.27. The minimum absolute atomic E-state index is 0.533. The van der Waals surface area contributed by atoms with Gasteiger partial charge in [0.25, 0.3) is 0 Å². The lowest BCUT2D eigenvalue weighted by Gasteiger charge is -2.10. The van der Waals surface area contributed by atoms with Gasteiger partial charge >= 0.3 is 0 Å². The first kappa shape index (κ1) is 28.5. The molecular formula is C37H35N3O2. The van der Waals surface area contributed by atoms with Crippen LogP contribution in [-0.4, -0.2) is 16.4 Å². The SMILES string of the molecule is CC(=Nc1ccc(OCc2ccccc2)cc1C)c1cccc(C(C)=Nc2ccc(OCc3ccccc3)cc2C)n1. The van der Waals surface area contributed by atoms with Gasteiger partial charge in [-0.05, 0) is 98.5 Å². The maximum atomic E-state index is 5.97. The Morgan fingerprint density at radius 2 is 0.976 bits per heavy atom. The highest BCUT2D eigenvalue weighted by atomic mass is 16.5. The second-order valence-corrected chi connectivity index (χ2v) is 10.2. The van der Waals surface area contributed by atoms with Gasteiger partial charge in [0.1, 0.15) is 24.7 Å². The summed E-state index contributed by atoms with van der Waals surface area (Å²) in [6.45, 7) is 9.12. The van der Waals surface area contributed by atoms with Crippen molar-refractivity contribution < 1.29 is 9.47 Å². The van der Waals surface area contributed by atoms with E-state index in [1.54, 1.807) is 0 Å². The Morgan fingerprint density at radius 3 is 1.38 bits per heavy atom. The van der Waals surface area contributed by atoms with Crippen LogP contribution in [0.2, 0.25) is 0 Å². The van der Waals surface area contributed by atoms with Gasteiger partial charge < -0.3 is 9.47 Å². The first-order valence-corrected chi connectivity index (χ1v) is 14.1. The maximum Gasteiger partial charge on any atom is 0.120 e. The molecule has 0 saturated heterocycles. The highest BCUT2D eigenvalue weighted by molar-refractivity contribution is 6.02. The van der Waals surface area contributed by atoms with E-state index in [1.807, 2.05) is 119 Å². The average Bonchev–Trinajstić information content (AvgIpc) is 3.02. The Morgan fingerprint density at radius 1 is 0.548 bits per heavy atom. The number of aryl methyl sites for hydroxylation is 2. The minimum atomic E-state index is 0.533. The summed E-state index contributed by atoms with van der Waals surface area (Å²) in [7, 11) is 0. The lowest BCUT2D eigenvalue weighted by molar-refractivity contribution is 0.306. The zero-order valence-electron chi connectivity index (χ0n) is 24.5. The van der Waals surface area contributed by atoms with Crippen molar-refractivity contribution in [1.82, 2.24) is 4.98 Å². The van der Waals surface area contributed by atoms with Crippen LogP contribution in [-0.2, 0) is 13.2 Å². The molecule has 5 nitrogen and oxygen atoms in total. The summed E-state index contributed by atoms with van der Waals surface area (Å²) < 4.78 is 11.9. The van der Waals surface area contributed by atoms with Crippen molar-refractivity contribution in [2.75, 3.05) is 0 Å². The van der Waals surface area contributed by atoms with E-state index in [1.165, 1.54) is 0 Å². The molecule has 1 aromatic heterocycles. The maximum absolute atomic E-state index is 5.97. The van der Waals surface area contributed by atoms with Crippen LogP contribution in [0.15, 0.2) is 125 Å². The monoisotopic (exact) mass is 553 g/mol. The number of nitrogens with zero attached hydrogens (tertiary/aromatic N) is 3.